The number of hydrogen-bond donors (Lipinski definition) is 1. The zero-order chi connectivity index (χ0) is 14.7. The van der Waals surface area contributed by atoms with E-state index >= 15 is 0 Å². The van der Waals surface area contributed by atoms with Gasteiger partial charge in [-0.3, -0.25) is 24.5 Å². The number of Topliss-reactive ketones (excluding diaryl/α,β-unsaturated/α-hetero) is 2. The molecule has 20 heavy (non-hydrogen) atoms. The number of benzene rings is 1. The summed E-state index contributed by atoms with van der Waals surface area (Å²) in [4.78, 5) is 46.4. The van der Waals surface area contributed by atoms with Gasteiger partial charge in [-0.15, -0.1) is 0 Å². The summed E-state index contributed by atoms with van der Waals surface area (Å²) in [6.45, 7) is 1.40. The third-order valence-corrected chi connectivity index (χ3v) is 3.39. The van der Waals surface area contributed by atoms with Crippen LogP contribution in [0.2, 0.25) is 0 Å². The normalized spacial score (nSPS) is 18.6. The molecule has 0 bridgehead atoms. The van der Waals surface area contributed by atoms with Crippen molar-refractivity contribution >= 4 is 23.4 Å². The number of ketones is 2. The Balaban J connectivity index is 2.15. The van der Waals surface area contributed by atoms with Gasteiger partial charge in [0.2, 0.25) is 11.8 Å². The van der Waals surface area contributed by atoms with Gasteiger partial charge in [-0.05, 0) is 13.3 Å². The van der Waals surface area contributed by atoms with Crippen molar-refractivity contribution in [2.75, 3.05) is 0 Å². The molecule has 1 aliphatic heterocycles. The molecular weight excluding hydrogens is 258 g/mol. The summed E-state index contributed by atoms with van der Waals surface area (Å²) in [5.74, 6) is -1.64. The fraction of sp³-hybridized carbons (Fsp3) is 0.333. The summed E-state index contributed by atoms with van der Waals surface area (Å²) in [6, 6.07) is 6.56. The molecule has 1 N–H and O–H groups in total. The molecule has 0 radical (unpaired) electrons. The number of hydrogen-bond acceptors (Lipinski definition) is 4. The number of nitrogens with one attached hydrogen (secondary N) is 1. The Morgan fingerprint density at radius 3 is 2.45 bits per heavy atom. The predicted octanol–water partition coefficient (Wildman–Crippen LogP) is 1.51. The number of amides is 2. The van der Waals surface area contributed by atoms with Crippen molar-refractivity contribution in [1.29, 1.82) is 0 Å². The molecule has 0 aromatic heterocycles. The van der Waals surface area contributed by atoms with E-state index in [0.29, 0.717) is 17.5 Å². The molecule has 1 unspecified atom stereocenters. The zero-order valence-corrected chi connectivity index (χ0v) is 11.1. The molecule has 2 rings (SSSR count). The Hall–Kier alpha value is -2.30. The highest BCUT2D eigenvalue weighted by Gasteiger charge is 2.29. The number of piperidine rings is 1. The smallest absolute Gasteiger partial charge is 0.230 e. The quantitative estimate of drug-likeness (QED) is 0.666. The summed E-state index contributed by atoms with van der Waals surface area (Å²) in [5.41, 5.74) is 0.703. The molecule has 1 heterocycles. The number of rotatable bonds is 4. The fourth-order valence-electron chi connectivity index (χ4n) is 2.30. The molecule has 1 atom stereocenters. The SMILES string of the molecule is CC(=O)c1ccccc1C(=O)CC1CCC(=O)NC1=O. The first-order valence-electron chi connectivity index (χ1n) is 6.46. The van der Waals surface area contributed by atoms with Crippen LogP contribution in [0.1, 0.15) is 46.9 Å². The van der Waals surface area contributed by atoms with Gasteiger partial charge in [0.15, 0.2) is 11.6 Å². The van der Waals surface area contributed by atoms with Crippen LogP contribution in [-0.2, 0) is 9.59 Å². The van der Waals surface area contributed by atoms with Crippen molar-refractivity contribution < 1.29 is 19.2 Å². The standard InChI is InChI=1S/C15H15NO4/c1-9(17)11-4-2-3-5-12(11)13(18)8-10-6-7-14(19)16-15(10)20/h2-5,10H,6-8H2,1H3,(H,16,19,20). The lowest BCUT2D eigenvalue weighted by Crippen LogP contribution is -2.41. The second kappa shape index (κ2) is 5.77. The first kappa shape index (κ1) is 14.1. The van der Waals surface area contributed by atoms with Gasteiger partial charge in [-0.2, -0.15) is 0 Å². The van der Waals surface area contributed by atoms with Crippen LogP contribution >= 0.6 is 0 Å². The molecule has 1 fully saturated rings. The van der Waals surface area contributed by atoms with Gasteiger partial charge in [0.05, 0.1) is 0 Å². The molecule has 1 aromatic carbocycles. The minimum atomic E-state index is -0.500. The van der Waals surface area contributed by atoms with Gasteiger partial charge < -0.3 is 0 Å². The lowest BCUT2D eigenvalue weighted by Gasteiger charge is -2.20. The zero-order valence-electron chi connectivity index (χ0n) is 11.1. The molecule has 0 spiro atoms. The minimum Gasteiger partial charge on any atom is -0.296 e. The maximum Gasteiger partial charge on any atom is 0.230 e. The van der Waals surface area contributed by atoms with Crippen molar-refractivity contribution in [1.82, 2.24) is 5.32 Å². The van der Waals surface area contributed by atoms with Gasteiger partial charge in [-0.1, -0.05) is 24.3 Å². The lowest BCUT2D eigenvalue weighted by atomic mass is 9.89. The van der Waals surface area contributed by atoms with Crippen LogP contribution in [0.4, 0.5) is 0 Å². The van der Waals surface area contributed by atoms with E-state index in [1.165, 1.54) is 6.92 Å². The van der Waals surface area contributed by atoms with E-state index in [1.807, 2.05) is 0 Å². The number of carbonyl (C=O) groups is 4. The highest BCUT2D eigenvalue weighted by atomic mass is 16.2. The van der Waals surface area contributed by atoms with E-state index in [2.05, 4.69) is 5.32 Å². The molecule has 1 aliphatic rings. The molecule has 1 aromatic rings. The lowest BCUT2D eigenvalue weighted by molar-refractivity contribution is -0.136. The summed E-state index contributed by atoms with van der Waals surface area (Å²) in [7, 11) is 0. The number of carbonyl (C=O) groups excluding carboxylic acids is 4. The van der Waals surface area contributed by atoms with Crippen molar-refractivity contribution in [3.8, 4) is 0 Å². The Morgan fingerprint density at radius 2 is 1.85 bits per heavy atom. The van der Waals surface area contributed by atoms with E-state index in [0.717, 1.165) is 0 Å². The molecule has 0 aliphatic carbocycles. The van der Waals surface area contributed by atoms with Gasteiger partial charge in [-0.25, -0.2) is 0 Å². The van der Waals surface area contributed by atoms with Crippen molar-refractivity contribution in [3.05, 3.63) is 35.4 Å². The minimum absolute atomic E-state index is 0.0173. The molecule has 2 amide bonds. The second-order valence-corrected chi connectivity index (χ2v) is 4.88. The maximum absolute atomic E-state index is 12.2. The molecule has 5 heteroatoms. The highest BCUT2D eigenvalue weighted by Crippen LogP contribution is 2.20. The van der Waals surface area contributed by atoms with E-state index in [1.54, 1.807) is 24.3 Å². The van der Waals surface area contributed by atoms with Crippen LogP contribution in [0.15, 0.2) is 24.3 Å². The van der Waals surface area contributed by atoms with Crippen LogP contribution in [0.5, 0.6) is 0 Å². The monoisotopic (exact) mass is 273 g/mol. The first-order chi connectivity index (χ1) is 9.49. The van der Waals surface area contributed by atoms with Crippen molar-refractivity contribution in [2.45, 2.75) is 26.2 Å². The second-order valence-electron chi connectivity index (χ2n) is 4.88. The van der Waals surface area contributed by atoms with E-state index in [-0.39, 0.29) is 30.3 Å². The van der Waals surface area contributed by atoms with E-state index < -0.39 is 11.8 Å². The molecule has 104 valence electrons. The van der Waals surface area contributed by atoms with Gasteiger partial charge >= 0.3 is 0 Å². The third kappa shape index (κ3) is 2.99. The summed E-state index contributed by atoms with van der Waals surface area (Å²) >= 11 is 0. The number of imide groups is 1. The van der Waals surface area contributed by atoms with E-state index in [4.69, 9.17) is 0 Å². The highest BCUT2D eigenvalue weighted by molar-refractivity contribution is 6.09. The maximum atomic E-state index is 12.2. The summed E-state index contributed by atoms with van der Waals surface area (Å²) in [6.07, 6.45) is 0.639. The summed E-state index contributed by atoms with van der Waals surface area (Å²) in [5, 5.41) is 2.23. The van der Waals surface area contributed by atoms with Crippen LogP contribution in [0.3, 0.4) is 0 Å². The molecular formula is C15H15NO4. The molecule has 0 saturated carbocycles. The van der Waals surface area contributed by atoms with Crippen LogP contribution in [0, 0.1) is 5.92 Å². The largest absolute Gasteiger partial charge is 0.296 e. The van der Waals surface area contributed by atoms with Crippen LogP contribution in [-0.4, -0.2) is 23.4 Å². The van der Waals surface area contributed by atoms with Gasteiger partial charge in [0.25, 0.3) is 0 Å². The van der Waals surface area contributed by atoms with E-state index in [9.17, 15) is 19.2 Å². The topological polar surface area (TPSA) is 80.3 Å². The fourth-order valence-corrected chi connectivity index (χ4v) is 2.30. The third-order valence-electron chi connectivity index (χ3n) is 3.39. The first-order valence-corrected chi connectivity index (χ1v) is 6.46. The van der Waals surface area contributed by atoms with Crippen molar-refractivity contribution in [3.63, 3.8) is 0 Å². The Kier molecular flexibility index (Phi) is 4.08. The van der Waals surface area contributed by atoms with Crippen LogP contribution < -0.4 is 5.32 Å². The average molecular weight is 273 g/mol. The van der Waals surface area contributed by atoms with Gasteiger partial charge in [0, 0.05) is 29.9 Å². The Morgan fingerprint density at radius 1 is 1.20 bits per heavy atom. The van der Waals surface area contributed by atoms with Gasteiger partial charge in [0.1, 0.15) is 0 Å². The Labute approximate surface area is 116 Å². The Bertz CT molecular complexity index is 591. The van der Waals surface area contributed by atoms with Crippen molar-refractivity contribution in [2.24, 2.45) is 5.92 Å². The predicted molar refractivity (Wildman–Crippen MR) is 71.3 cm³/mol. The molecule has 5 nitrogen and oxygen atoms in total. The average Bonchev–Trinajstić information content (AvgIpc) is 2.41. The summed E-state index contributed by atoms with van der Waals surface area (Å²) < 4.78 is 0. The van der Waals surface area contributed by atoms with Crippen LogP contribution in [0.25, 0.3) is 0 Å². The molecule has 1 saturated heterocycles.